The minimum Gasteiger partial charge on any atom is -0.349 e. The van der Waals surface area contributed by atoms with Crippen molar-refractivity contribution in [2.45, 2.75) is 19.4 Å². The number of hydrazine groups is 1. The highest BCUT2D eigenvalue weighted by molar-refractivity contribution is 6.39. The van der Waals surface area contributed by atoms with Gasteiger partial charge in [0.15, 0.2) is 0 Å². The van der Waals surface area contributed by atoms with Crippen LogP contribution in [-0.2, 0) is 14.4 Å². The largest absolute Gasteiger partial charge is 0.349 e. The van der Waals surface area contributed by atoms with Crippen molar-refractivity contribution in [1.29, 1.82) is 0 Å². The van der Waals surface area contributed by atoms with E-state index in [2.05, 4.69) is 15.7 Å². The number of rotatable bonds is 5. The summed E-state index contributed by atoms with van der Waals surface area (Å²) in [5, 5.41) is 3.93. The van der Waals surface area contributed by atoms with Crippen LogP contribution in [0.2, 0.25) is 0 Å². The molecular formula is C16H21N5O3. The van der Waals surface area contributed by atoms with Crippen molar-refractivity contribution in [2.75, 3.05) is 25.6 Å². The van der Waals surface area contributed by atoms with E-state index in [1.807, 2.05) is 6.07 Å². The first kappa shape index (κ1) is 17.5. The van der Waals surface area contributed by atoms with Gasteiger partial charge in [-0.25, -0.2) is 10.0 Å². The predicted molar refractivity (Wildman–Crippen MR) is 90.3 cm³/mol. The number of carbonyl (C=O) groups excluding carboxylic acids is 3. The lowest BCUT2D eigenvalue weighted by Crippen LogP contribution is -2.58. The molecule has 0 bridgehead atoms. The molecule has 1 aromatic rings. The molecule has 0 fully saturated rings. The van der Waals surface area contributed by atoms with E-state index in [0.29, 0.717) is 5.69 Å². The van der Waals surface area contributed by atoms with Crippen molar-refractivity contribution in [2.24, 2.45) is 4.99 Å². The number of hydrogen-bond acceptors (Lipinski definition) is 5. The van der Waals surface area contributed by atoms with E-state index in [1.54, 1.807) is 45.3 Å². The van der Waals surface area contributed by atoms with E-state index < -0.39 is 11.9 Å². The highest BCUT2D eigenvalue weighted by Gasteiger charge is 2.30. The van der Waals surface area contributed by atoms with Crippen LogP contribution in [0, 0.1) is 0 Å². The van der Waals surface area contributed by atoms with Gasteiger partial charge in [-0.2, -0.15) is 0 Å². The Hall–Kier alpha value is -2.90. The summed E-state index contributed by atoms with van der Waals surface area (Å²) in [7, 11) is 3.31. The first-order valence-corrected chi connectivity index (χ1v) is 7.62. The summed E-state index contributed by atoms with van der Waals surface area (Å²) in [6, 6.07) is 8.28. The molecule has 1 aliphatic rings. The molecule has 1 heterocycles. The first-order chi connectivity index (χ1) is 11.4. The van der Waals surface area contributed by atoms with Crippen molar-refractivity contribution in [3.8, 4) is 0 Å². The topological polar surface area (TPSA) is 94.1 Å². The third kappa shape index (κ3) is 4.09. The van der Waals surface area contributed by atoms with E-state index in [1.165, 1.54) is 9.91 Å². The van der Waals surface area contributed by atoms with Gasteiger partial charge < -0.3 is 10.2 Å². The van der Waals surface area contributed by atoms with E-state index in [0.717, 1.165) is 0 Å². The fraction of sp³-hybridized carbons (Fsp3) is 0.375. The van der Waals surface area contributed by atoms with Gasteiger partial charge in [0.25, 0.3) is 11.8 Å². The van der Waals surface area contributed by atoms with Crippen molar-refractivity contribution in [3.63, 3.8) is 0 Å². The van der Waals surface area contributed by atoms with Gasteiger partial charge in [-0.1, -0.05) is 18.2 Å². The average Bonchev–Trinajstić information content (AvgIpc) is 2.57. The zero-order valence-corrected chi connectivity index (χ0v) is 13.9. The maximum Gasteiger partial charge on any atom is 0.288 e. The molecule has 3 amide bonds. The summed E-state index contributed by atoms with van der Waals surface area (Å²) in [4.78, 5) is 41.5. The number of hydrogen-bond donors (Lipinski definition) is 2. The van der Waals surface area contributed by atoms with Gasteiger partial charge in [0.1, 0.15) is 6.04 Å². The Bertz CT molecular complexity index is 657. The second-order valence-electron chi connectivity index (χ2n) is 5.57. The molecule has 0 aliphatic carbocycles. The van der Waals surface area contributed by atoms with Crippen LogP contribution in [0.3, 0.4) is 0 Å². The summed E-state index contributed by atoms with van der Waals surface area (Å²) >= 11 is 0. The minimum atomic E-state index is -0.671. The third-order valence-electron chi connectivity index (χ3n) is 3.47. The van der Waals surface area contributed by atoms with E-state index in [9.17, 15) is 14.4 Å². The molecule has 0 saturated carbocycles. The lowest BCUT2D eigenvalue weighted by atomic mass is 10.2. The number of aliphatic imine (C=N–C) groups is 1. The molecule has 8 nitrogen and oxygen atoms in total. The third-order valence-corrected chi connectivity index (χ3v) is 3.47. The molecule has 128 valence electrons. The van der Waals surface area contributed by atoms with Crippen LogP contribution in [0.5, 0.6) is 0 Å². The van der Waals surface area contributed by atoms with E-state index in [4.69, 9.17) is 0 Å². The van der Waals surface area contributed by atoms with Gasteiger partial charge in [-0.15, -0.1) is 0 Å². The molecule has 0 saturated heterocycles. The summed E-state index contributed by atoms with van der Waals surface area (Å²) in [5.74, 6) is -0.742. The number of carbonyl (C=O) groups is 3. The van der Waals surface area contributed by atoms with E-state index in [-0.39, 0.29) is 30.6 Å². The highest BCUT2D eigenvalue weighted by Crippen LogP contribution is 2.15. The van der Waals surface area contributed by atoms with Gasteiger partial charge in [0.05, 0.1) is 5.69 Å². The van der Waals surface area contributed by atoms with Crippen LogP contribution < -0.4 is 15.8 Å². The SMILES string of the molecule is CC1N=C(C(=O)NCCC(=O)N(C)C)NN(c2ccccc2)C1=O. The normalized spacial score (nSPS) is 17.0. The van der Waals surface area contributed by atoms with Gasteiger partial charge in [0.2, 0.25) is 11.7 Å². The lowest BCUT2D eigenvalue weighted by molar-refractivity contribution is -0.128. The van der Waals surface area contributed by atoms with Crippen molar-refractivity contribution in [1.82, 2.24) is 15.6 Å². The van der Waals surface area contributed by atoms with Gasteiger partial charge in [-0.05, 0) is 19.1 Å². The Morgan fingerprint density at radius 3 is 2.58 bits per heavy atom. The zero-order valence-electron chi connectivity index (χ0n) is 13.9. The summed E-state index contributed by atoms with van der Waals surface area (Å²) in [6.45, 7) is 1.83. The number of nitrogens with zero attached hydrogens (tertiary/aromatic N) is 3. The summed E-state index contributed by atoms with van der Waals surface area (Å²) < 4.78 is 0. The number of amides is 3. The maximum absolute atomic E-state index is 12.2. The number of nitrogens with one attached hydrogen (secondary N) is 2. The zero-order chi connectivity index (χ0) is 17.7. The standard InChI is InChI=1S/C16H21N5O3/c1-11-16(24)21(12-7-5-4-6-8-12)19-14(18-11)15(23)17-10-9-13(22)20(2)3/h4-8,11H,9-10H2,1-3H3,(H,17,23)(H,18,19). The fourth-order valence-corrected chi connectivity index (χ4v) is 2.09. The second kappa shape index (κ2) is 7.58. The predicted octanol–water partition coefficient (Wildman–Crippen LogP) is -0.0807. The Morgan fingerprint density at radius 2 is 1.96 bits per heavy atom. The van der Waals surface area contributed by atoms with Crippen molar-refractivity contribution >= 4 is 29.2 Å². The molecule has 2 rings (SSSR count). The lowest BCUT2D eigenvalue weighted by Gasteiger charge is -2.30. The highest BCUT2D eigenvalue weighted by atomic mass is 16.2. The van der Waals surface area contributed by atoms with Crippen LogP contribution in [0.25, 0.3) is 0 Å². The molecule has 0 spiro atoms. The Balaban J connectivity index is 2.02. The van der Waals surface area contributed by atoms with Crippen LogP contribution in [0.1, 0.15) is 13.3 Å². The van der Waals surface area contributed by atoms with Crippen molar-refractivity contribution in [3.05, 3.63) is 30.3 Å². The Morgan fingerprint density at radius 1 is 1.29 bits per heavy atom. The van der Waals surface area contributed by atoms with E-state index >= 15 is 0 Å². The molecule has 1 aromatic carbocycles. The first-order valence-electron chi connectivity index (χ1n) is 7.62. The molecular weight excluding hydrogens is 310 g/mol. The van der Waals surface area contributed by atoms with Crippen LogP contribution >= 0.6 is 0 Å². The van der Waals surface area contributed by atoms with Crippen molar-refractivity contribution < 1.29 is 14.4 Å². The average molecular weight is 331 g/mol. The molecule has 8 heteroatoms. The van der Waals surface area contributed by atoms with Crippen LogP contribution in [0.15, 0.2) is 35.3 Å². The number of benzene rings is 1. The number of anilines is 1. The smallest absolute Gasteiger partial charge is 0.288 e. The maximum atomic E-state index is 12.2. The van der Waals surface area contributed by atoms with Gasteiger partial charge in [-0.3, -0.25) is 19.8 Å². The Kier molecular flexibility index (Phi) is 5.51. The molecule has 1 unspecified atom stereocenters. The second-order valence-corrected chi connectivity index (χ2v) is 5.57. The van der Waals surface area contributed by atoms with Gasteiger partial charge in [0, 0.05) is 27.1 Å². The monoisotopic (exact) mass is 331 g/mol. The number of amidine groups is 1. The quantitative estimate of drug-likeness (QED) is 0.789. The Labute approximate surface area is 140 Å². The molecule has 2 N–H and O–H groups in total. The molecule has 0 radical (unpaired) electrons. The minimum absolute atomic E-state index is 0.0447. The van der Waals surface area contributed by atoms with Crippen LogP contribution in [-0.4, -0.2) is 55.1 Å². The van der Waals surface area contributed by atoms with Gasteiger partial charge >= 0.3 is 0 Å². The molecule has 0 aromatic heterocycles. The fourth-order valence-electron chi connectivity index (χ4n) is 2.09. The molecule has 1 aliphatic heterocycles. The van der Waals surface area contributed by atoms with Crippen LogP contribution in [0.4, 0.5) is 5.69 Å². The summed E-state index contributed by atoms with van der Waals surface area (Å²) in [5.41, 5.74) is 3.36. The molecule has 24 heavy (non-hydrogen) atoms. The molecule has 1 atom stereocenters. The number of para-hydroxylation sites is 1. The summed E-state index contributed by atoms with van der Waals surface area (Å²) in [6.07, 6.45) is 0.197.